The molecule has 0 aliphatic carbocycles. The molecule has 0 saturated heterocycles. The number of amides is 2. The van der Waals surface area contributed by atoms with Gasteiger partial charge in [-0.2, -0.15) is 0 Å². The molecule has 8 heteroatoms. The molecule has 0 radical (unpaired) electrons. The van der Waals surface area contributed by atoms with Crippen LogP contribution in [0.1, 0.15) is 10.4 Å². The lowest BCUT2D eigenvalue weighted by molar-refractivity contribution is -0.115. The molecule has 6 nitrogen and oxygen atoms in total. The van der Waals surface area contributed by atoms with Gasteiger partial charge >= 0.3 is 0 Å². The highest BCUT2D eigenvalue weighted by Gasteiger charge is 2.12. The summed E-state index contributed by atoms with van der Waals surface area (Å²) in [6, 6.07) is 9.39. The number of anilines is 1. The maximum Gasteiger partial charge on any atom is 0.251 e. The van der Waals surface area contributed by atoms with E-state index in [4.69, 9.17) is 32.7 Å². The second kappa shape index (κ2) is 8.60. The van der Waals surface area contributed by atoms with Crippen molar-refractivity contribution in [1.82, 2.24) is 5.32 Å². The standard InChI is InChI=1S/C17H16Cl2N2O4/c1-24-14-4-3-10(5-15(14)25-2)17(23)20-9-16(22)21-13-7-11(18)6-12(19)8-13/h3-8H,9H2,1-2H3,(H,20,23)(H,21,22). The first-order valence-corrected chi connectivity index (χ1v) is 7.94. The summed E-state index contributed by atoms with van der Waals surface area (Å²) in [5, 5.41) is 5.93. The van der Waals surface area contributed by atoms with Gasteiger partial charge in [0, 0.05) is 21.3 Å². The number of ether oxygens (including phenoxy) is 2. The largest absolute Gasteiger partial charge is 0.493 e. The van der Waals surface area contributed by atoms with Crippen LogP contribution in [-0.2, 0) is 4.79 Å². The van der Waals surface area contributed by atoms with Crippen LogP contribution in [0, 0.1) is 0 Å². The Hall–Kier alpha value is -2.44. The van der Waals surface area contributed by atoms with Gasteiger partial charge in [-0.3, -0.25) is 9.59 Å². The molecule has 2 aromatic carbocycles. The lowest BCUT2D eigenvalue weighted by atomic mass is 10.2. The van der Waals surface area contributed by atoms with Crippen molar-refractivity contribution < 1.29 is 19.1 Å². The van der Waals surface area contributed by atoms with Gasteiger partial charge in [-0.25, -0.2) is 0 Å². The number of hydrogen-bond donors (Lipinski definition) is 2. The van der Waals surface area contributed by atoms with Gasteiger partial charge in [-0.1, -0.05) is 23.2 Å². The minimum atomic E-state index is -0.416. The Morgan fingerprint density at radius 3 is 2.20 bits per heavy atom. The van der Waals surface area contributed by atoms with Crippen LogP contribution in [0.4, 0.5) is 5.69 Å². The zero-order valence-corrected chi connectivity index (χ0v) is 15.1. The van der Waals surface area contributed by atoms with E-state index in [0.29, 0.717) is 32.8 Å². The molecule has 0 aliphatic heterocycles. The summed E-state index contributed by atoms with van der Waals surface area (Å²) in [6.07, 6.45) is 0. The van der Waals surface area contributed by atoms with Crippen LogP contribution in [0.15, 0.2) is 36.4 Å². The first-order valence-electron chi connectivity index (χ1n) is 7.19. The smallest absolute Gasteiger partial charge is 0.251 e. The number of rotatable bonds is 6. The van der Waals surface area contributed by atoms with E-state index >= 15 is 0 Å². The SMILES string of the molecule is COc1ccc(C(=O)NCC(=O)Nc2cc(Cl)cc(Cl)c2)cc1OC. The van der Waals surface area contributed by atoms with Crippen LogP contribution in [-0.4, -0.2) is 32.6 Å². The average Bonchev–Trinajstić information content (AvgIpc) is 2.58. The number of hydrogen-bond acceptors (Lipinski definition) is 4. The molecular formula is C17H16Cl2N2O4. The van der Waals surface area contributed by atoms with E-state index in [2.05, 4.69) is 10.6 Å². The Labute approximate surface area is 155 Å². The van der Waals surface area contributed by atoms with Crippen LogP contribution >= 0.6 is 23.2 Å². The third kappa shape index (κ3) is 5.27. The number of carbonyl (C=O) groups excluding carboxylic acids is 2. The van der Waals surface area contributed by atoms with Gasteiger partial charge in [0.25, 0.3) is 5.91 Å². The van der Waals surface area contributed by atoms with E-state index in [1.54, 1.807) is 30.3 Å². The first-order chi connectivity index (χ1) is 11.9. The minimum absolute atomic E-state index is 0.211. The molecule has 2 N–H and O–H groups in total. The molecule has 0 spiro atoms. The molecule has 0 aromatic heterocycles. The van der Waals surface area contributed by atoms with E-state index in [-0.39, 0.29) is 6.54 Å². The maximum atomic E-state index is 12.1. The molecular weight excluding hydrogens is 367 g/mol. The highest BCUT2D eigenvalue weighted by molar-refractivity contribution is 6.35. The van der Waals surface area contributed by atoms with E-state index in [1.807, 2.05) is 0 Å². The van der Waals surface area contributed by atoms with E-state index in [9.17, 15) is 9.59 Å². The van der Waals surface area contributed by atoms with Crippen molar-refractivity contribution in [3.05, 3.63) is 52.0 Å². The van der Waals surface area contributed by atoms with E-state index in [0.717, 1.165) is 0 Å². The number of benzene rings is 2. The Bertz CT molecular complexity index is 776. The third-order valence-electron chi connectivity index (χ3n) is 3.20. The number of methoxy groups -OCH3 is 2. The molecule has 2 rings (SSSR count). The highest BCUT2D eigenvalue weighted by Crippen LogP contribution is 2.27. The fourth-order valence-electron chi connectivity index (χ4n) is 2.07. The predicted octanol–water partition coefficient (Wildman–Crippen LogP) is 3.38. The summed E-state index contributed by atoms with van der Waals surface area (Å²) < 4.78 is 10.3. The quantitative estimate of drug-likeness (QED) is 0.802. The van der Waals surface area contributed by atoms with Crippen LogP contribution in [0.5, 0.6) is 11.5 Å². The van der Waals surface area contributed by atoms with Crippen molar-refractivity contribution in [2.75, 3.05) is 26.1 Å². The van der Waals surface area contributed by atoms with Crippen molar-refractivity contribution >= 4 is 40.7 Å². The molecule has 0 fully saturated rings. The second-order valence-electron chi connectivity index (χ2n) is 4.96. The first kappa shape index (κ1) is 18.9. The van der Waals surface area contributed by atoms with Gasteiger partial charge in [-0.15, -0.1) is 0 Å². The summed E-state index contributed by atoms with van der Waals surface area (Å²) >= 11 is 11.7. The fraction of sp³-hybridized carbons (Fsp3) is 0.176. The molecule has 0 heterocycles. The Kier molecular flexibility index (Phi) is 6.50. The molecule has 0 unspecified atom stereocenters. The van der Waals surface area contributed by atoms with Crippen molar-refractivity contribution in [2.24, 2.45) is 0 Å². The van der Waals surface area contributed by atoms with Gasteiger partial charge in [0.05, 0.1) is 20.8 Å². The Morgan fingerprint density at radius 2 is 1.60 bits per heavy atom. The predicted molar refractivity (Wildman–Crippen MR) is 97.0 cm³/mol. The molecule has 0 bridgehead atoms. The lowest BCUT2D eigenvalue weighted by Gasteiger charge is -2.10. The zero-order valence-electron chi connectivity index (χ0n) is 13.6. The maximum absolute atomic E-state index is 12.1. The summed E-state index contributed by atoms with van der Waals surface area (Å²) in [5.74, 6) is 0.107. The van der Waals surface area contributed by atoms with Gasteiger partial charge in [0.15, 0.2) is 11.5 Å². The Balaban J connectivity index is 1.96. The molecule has 0 atom stereocenters. The van der Waals surface area contributed by atoms with Gasteiger partial charge < -0.3 is 20.1 Å². The van der Waals surface area contributed by atoms with E-state index < -0.39 is 11.8 Å². The monoisotopic (exact) mass is 382 g/mol. The molecule has 25 heavy (non-hydrogen) atoms. The average molecular weight is 383 g/mol. The molecule has 2 amide bonds. The van der Waals surface area contributed by atoms with Gasteiger partial charge in [0.2, 0.25) is 5.91 Å². The highest BCUT2D eigenvalue weighted by atomic mass is 35.5. The van der Waals surface area contributed by atoms with Crippen molar-refractivity contribution in [3.8, 4) is 11.5 Å². The van der Waals surface area contributed by atoms with E-state index in [1.165, 1.54) is 20.3 Å². The summed E-state index contributed by atoms with van der Waals surface area (Å²) in [4.78, 5) is 24.1. The topological polar surface area (TPSA) is 76.7 Å². The van der Waals surface area contributed by atoms with Crippen LogP contribution in [0.3, 0.4) is 0 Å². The van der Waals surface area contributed by atoms with Crippen LogP contribution in [0.25, 0.3) is 0 Å². The van der Waals surface area contributed by atoms with Crippen LogP contribution in [0.2, 0.25) is 10.0 Å². The molecule has 2 aromatic rings. The number of halogens is 2. The lowest BCUT2D eigenvalue weighted by Crippen LogP contribution is -2.32. The van der Waals surface area contributed by atoms with Crippen molar-refractivity contribution in [1.29, 1.82) is 0 Å². The zero-order chi connectivity index (χ0) is 18.4. The summed E-state index contributed by atoms with van der Waals surface area (Å²) in [5.41, 5.74) is 0.791. The van der Waals surface area contributed by atoms with Gasteiger partial charge in [-0.05, 0) is 36.4 Å². The van der Waals surface area contributed by atoms with Gasteiger partial charge in [0.1, 0.15) is 0 Å². The number of carbonyl (C=O) groups is 2. The molecule has 0 saturated carbocycles. The normalized spacial score (nSPS) is 10.1. The van der Waals surface area contributed by atoms with Crippen molar-refractivity contribution in [3.63, 3.8) is 0 Å². The second-order valence-corrected chi connectivity index (χ2v) is 5.83. The number of nitrogens with one attached hydrogen (secondary N) is 2. The van der Waals surface area contributed by atoms with Crippen molar-refractivity contribution in [2.45, 2.75) is 0 Å². The third-order valence-corrected chi connectivity index (χ3v) is 3.64. The summed E-state index contributed by atoms with van der Waals surface area (Å²) in [7, 11) is 2.98. The van der Waals surface area contributed by atoms with Crippen LogP contribution < -0.4 is 20.1 Å². The minimum Gasteiger partial charge on any atom is -0.493 e. The molecule has 132 valence electrons. The molecule has 0 aliphatic rings. The fourth-order valence-corrected chi connectivity index (χ4v) is 2.60. The Morgan fingerprint density at radius 1 is 0.960 bits per heavy atom. The summed E-state index contributed by atoms with van der Waals surface area (Å²) in [6.45, 7) is -0.211.